The lowest BCUT2D eigenvalue weighted by atomic mass is 9.98. The van der Waals surface area contributed by atoms with Crippen LogP contribution in [0.25, 0.3) is 84.5 Å². The maximum Gasteiger partial charge on any atom is 0.0540 e. The predicted molar refractivity (Wildman–Crippen MR) is 241 cm³/mol. The molecule has 0 fully saturated rings. The number of thiophene rings is 2. The van der Waals surface area contributed by atoms with Crippen LogP contribution in [0.4, 0.5) is 17.1 Å². The highest BCUT2D eigenvalue weighted by Crippen LogP contribution is 2.45. The molecule has 0 saturated heterocycles. The molecule has 3 heteroatoms. The van der Waals surface area contributed by atoms with Crippen molar-refractivity contribution in [3.8, 4) is 33.4 Å². The number of rotatable bonds is 6. The highest BCUT2D eigenvalue weighted by molar-refractivity contribution is 7.26. The molecule has 11 rings (SSSR count). The monoisotopic (exact) mass is 735 g/mol. The van der Waals surface area contributed by atoms with Crippen LogP contribution >= 0.6 is 22.7 Å². The zero-order valence-corrected chi connectivity index (χ0v) is 31.4. The Labute approximate surface area is 327 Å². The van der Waals surface area contributed by atoms with E-state index in [1.807, 2.05) is 22.7 Å². The lowest BCUT2D eigenvalue weighted by molar-refractivity contribution is 1.28. The molecule has 0 aliphatic heterocycles. The minimum absolute atomic E-state index is 1.11. The molecule has 0 saturated carbocycles. The zero-order valence-electron chi connectivity index (χ0n) is 29.8. The normalized spacial score (nSPS) is 11.6. The molecule has 1 nitrogen and oxygen atoms in total. The number of anilines is 3. The highest BCUT2D eigenvalue weighted by atomic mass is 32.1. The molecule has 0 aliphatic carbocycles. The maximum absolute atomic E-state index is 2.44. The lowest BCUT2D eigenvalue weighted by Crippen LogP contribution is -2.11. The molecular weight excluding hydrogens is 703 g/mol. The van der Waals surface area contributed by atoms with Gasteiger partial charge in [-0.25, -0.2) is 0 Å². The number of fused-ring (bicyclic) bond motifs is 7. The molecule has 0 bridgehead atoms. The summed E-state index contributed by atoms with van der Waals surface area (Å²) in [5.74, 6) is 0. The Morgan fingerprint density at radius 3 is 1.62 bits per heavy atom. The van der Waals surface area contributed by atoms with E-state index in [-0.39, 0.29) is 0 Å². The van der Waals surface area contributed by atoms with Crippen molar-refractivity contribution in [2.24, 2.45) is 0 Å². The fourth-order valence-electron chi connectivity index (χ4n) is 8.16. The number of hydrogen-bond acceptors (Lipinski definition) is 3. The molecule has 2 heterocycles. The predicted octanol–water partition coefficient (Wildman–Crippen LogP) is 16.0. The van der Waals surface area contributed by atoms with Crippen LogP contribution in [-0.4, -0.2) is 0 Å². The van der Waals surface area contributed by atoms with Gasteiger partial charge in [-0.15, -0.1) is 22.7 Å². The van der Waals surface area contributed by atoms with Crippen LogP contribution in [0.5, 0.6) is 0 Å². The van der Waals surface area contributed by atoms with E-state index in [1.165, 1.54) is 84.5 Å². The van der Waals surface area contributed by atoms with Gasteiger partial charge in [-0.3, -0.25) is 0 Å². The smallest absolute Gasteiger partial charge is 0.0540 e. The highest BCUT2D eigenvalue weighted by Gasteiger charge is 2.19. The van der Waals surface area contributed by atoms with E-state index in [0.29, 0.717) is 0 Å². The molecule has 2 aromatic heterocycles. The van der Waals surface area contributed by atoms with Gasteiger partial charge >= 0.3 is 0 Å². The van der Waals surface area contributed by atoms with Gasteiger partial charge in [0.1, 0.15) is 0 Å². The maximum atomic E-state index is 2.44. The van der Waals surface area contributed by atoms with Crippen molar-refractivity contribution in [1.29, 1.82) is 0 Å². The molecule has 0 N–H and O–H groups in total. The van der Waals surface area contributed by atoms with Crippen molar-refractivity contribution in [3.05, 3.63) is 200 Å². The fourth-order valence-corrected chi connectivity index (χ4v) is 10.4. The second kappa shape index (κ2) is 13.1. The van der Waals surface area contributed by atoms with E-state index in [1.54, 1.807) is 0 Å². The van der Waals surface area contributed by atoms with Gasteiger partial charge in [0.15, 0.2) is 0 Å². The quantitative estimate of drug-likeness (QED) is 0.164. The standard InChI is InChI=1S/C52H33NS2/c1-2-12-35-29-38(24-23-34(35)11-1)36-13-9-15-41(30-36)53(42-16-10-14-37(31-42)39-25-27-46-44-18-4-7-21-49(44)55-52(46)33-39)48-20-6-3-17-43(48)40-26-28-51-47(32-40)45-19-5-8-22-50(45)54-51/h1-33H. The molecule has 55 heavy (non-hydrogen) atoms. The average molecular weight is 736 g/mol. The van der Waals surface area contributed by atoms with Crippen molar-refractivity contribution in [2.75, 3.05) is 4.90 Å². The van der Waals surface area contributed by atoms with E-state index in [4.69, 9.17) is 0 Å². The summed E-state index contributed by atoms with van der Waals surface area (Å²) in [6, 6.07) is 73.6. The van der Waals surface area contributed by atoms with Crippen LogP contribution in [0.3, 0.4) is 0 Å². The first-order valence-corrected chi connectivity index (χ1v) is 20.3. The Morgan fingerprint density at radius 2 is 0.836 bits per heavy atom. The average Bonchev–Trinajstić information content (AvgIpc) is 3.82. The molecule has 0 spiro atoms. The van der Waals surface area contributed by atoms with Gasteiger partial charge in [-0.2, -0.15) is 0 Å². The number of nitrogens with zero attached hydrogens (tertiary/aromatic N) is 1. The summed E-state index contributed by atoms with van der Waals surface area (Å²) in [4.78, 5) is 2.44. The summed E-state index contributed by atoms with van der Waals surface area (Å²) < 4.78 is 5.27. The van der Waals surface area contributed by atoms with Crippen molar-refractivity contribution in [1.82, 2.24) is 0 Å². The number of benzene rings is 9. The Bertz CT molecular complexity index is 3240. The third kappa shape index (κ3) is 5.60. The Morgan fingerprint density at radius 1 is 0.291 bits per heavy atom. The third-order valence-electron chi connectivity index (χ3n) is 10.8. The van der Waals surface area contributed by atoms with Gasteiger partial charge in [-0.1, -0.05) is 133 Å². The second-order valence-corrected chi connectivity index (χ2v) is 16.3. The van der Waals surface area contributed by atoms with Crippen LogP contribution in [0, 0.1) is 0 Å². The number of hydrogen-bond donors (Lipinski definition) is 0. The summed E-state index contributed by atoms with van der Waals surface area (Å²) in [5.41, 5.74) is 10.5. The fraction of sp³-hybridized carbons (Fsp3) is 0. The SMILES string of the molecule is c1cc(-c2ccc3ccccc3c2)cc(N(c2cccc(-c3ccc4c(c3)sc3ccccc34)c2)c2ccccc2-c2ccc3sc4ccccc4c3c2)c1. The van der Waals surface area contributed by atoms with Crippen LogP contribution in [0.1, 0.15) is 0 Å². The van der Waals surface area contributed by atoms with Crippen LogP contribution in [-0.2, 0) is 0 Å². The van der Waals surface area contributed by atoms with E-state index >= 15 is 0 Å². The molecule has 0 unspecified atom stereocenters. The summed E-state index contributed by atoms with van der Waals surface area (Å²) in [7, 11) is 0. The van der Waals surface area contributed by atoms with E-state index < -0.39 is 0 Å². The van der Waals surface area contributed by atoms with Crippen LogP contribution < -0.4 is 4.90 Å². The minimum Gasteiger partial charge on any atom is -0.310 e. The Hall–Kier alpha value is -6.52. The zero-order chi connectivity index (χ0) is 36.3. The second-order valence-electron chi connectivity index (χ2n) is 14.1. The largest absolute Gasteiger partial charge is 0.310 e. The Kier molecular flexibility index (Phi) is 7.61. The Balaban J connectivity index is 1.09. The first kappa shape index (κ1) is 32.0. The third-order valence-corrected chi connectivity index (χ3v) is 13.1. The molecule has 0 aliphatic rings. The van der Waals surface area contributed by atoms with E-state index in [0.717, 1.165) is 17.1 Å². The number of para-hydroxylation sites is 1. The van der Waals surface area contributed by atoms with Gasteiger partial charge in [-0.05, 0) is 105 Å². The summed E-state index contributed by atoms with van der Waals surface area (Å²) >= 11 is 3.73. The van der Waals surface area contributed by atoms with Crippen molar-refractivity contribution in [2.45, 2.75) is 0 Å². The molecule has 11 aromatic rings. The van der Waals surface area contributed by atoms with Crippen LogP contribution in [0.15, 0.2) is 200 Å². The topological polar surface area (TPSA) is 3.24 Å². The molecule has 0 atom stereocenters. The van der Waals surface area contributed by atoms with Gasteiger partial charge in [0.05, 0.1) is 5.69 Å². The summed E-state index contributed by atoms with van der Waals surface area (Å²) in [6.07, 6.45) is 0. The molecule has 9 aromatic carbocycles. The lowest BCUT2D eigenvalue weighted by Gasteiger charge is -2.29. The minimum atomic E-state index is 1.11. The van der Waals surface area contributed by atoms with E-state index in [2.05, 4.69) is 205 Å². The summed E-state index contributed by atoms with van der Waals surface area (Å²) in [5, 5.41) is 7.75. The first-order chi connectivity index (χ1) is 27.2. The van der Waals surface area contributed by atoms with E-state index in [9.17, 15) is 0 Å². The first-order valence-electron chi connectivity index (χ1n) is 18.7. The van der Waals surface area contributed by atoms with Gasteiger partial charge in [0, 0.05) is 57.3 Å². The van der Waals surface area contributed by atoms with Gasteiger partial charge in [0.2, 0.25) is 0 Å². The van der Waals surface area contributed by atoms with Gasteiger partial charge < -0.3 is 4.90 Å². The van der Waals surface area contributed by atoms with Crippen LogP contribution in [0.2, 0.25) is 0 Å². The molecular formula is C52H33NS2. The summed E-state index contributed by atoms with van der Waals surface area (Å²) in [6.45, 7) is 0. The van der Waals surface area contributed by atoms with Crippen molar-refractivity contribution < 1.29 is 0 Å². The van der Waals surface area contributed by atoms with Crippen molar-refractivity contribution in [3.63, 3.8) is 0 Å². The van der Waals surface area contributed by atoms with Gasteiger partial charge in [0.25, 0.3) is 0 Å². The van der Waals surface area contributed by atoms with Crippen molar-refractivity contribution >= 4 is 90.9 Å². The molecule has 0 radical (unpaired) electrons. The molecule has 258 valence electrons. The molecule has 0 amide bonds.